The normalized spacial score (nSPS) is 17.4. The molecule has 1 aliphatic rings. The summed E-state index contributed by atoms with van der Waals surface area (Å²) in [7, 11) is 1.32. The smallest absolute Gasteiger partial charge is 0.343 e. The molecule has 0 aromatic carbocycles. The zero-order valence-electron chi connectivity index (χ0n) is 10.3. The van der Waals surface area contributed by atoms with Gasteiger partial charge in [-0.05, 0) is 12.8 Å². The number of carbonyl (C=O) groups is 1. The number of rotatable bonds is 4. The lowest BCUT2D eigenvalue weighted by molar-refractivity contribution is 0.0600. The molecule has 1 heterocycles. The van der Waals surface area contributed by atoms with E-state index in [4.69, 9.17) is 0 Å². The minimum Gasteiger partial charge on any atom is -0.465 e. The van der Waals surface area contributed by atoms with E-state index in [1.807, 2.05) is 0 Å². The Kier molecular flexibility index (Phi) is 3.76. The molecule has 0 amide bonds. The summed E-state index contributed by atoms with van der Waals surface area (Å²) in [5.74, 6) is -0.0583. The predicted octanol–water partition coefficient (Wildman–Crippen LogP) is 0.980. The molecule has 0 radical (unpaired) electrons. The van der Waals surface area contributed by atoms with E-state index in [1.165, 1.54) is 19.6 Å². The van der Waals surface area contributed by atoms with Gasteiger partial charge in [0.2, 0.25) is 0 Å². The lowest BCUT2D eigenvalue weighted by Crippen LogP contribution is -2.40. The Bertz CT molecular complexity index is 430. The van der Waals surface area contributed by atoms with Gasteiger partial charge in [0, 0.05) is 6.20 Å². The first-order valence-electron chi connectivity index (χ1n) is 5.98. The number of aliphatic hydroxyl groups excluding tert-OH is 1. The Labute approximate surface area is 105 Å². The van der Waals surface area contributed by atoms with Crippen molar-refractivity contribution in [3.05, 3.63) is 18.1 Å². The van der Waals surface area contributed by atoms with Crippen LogP contribution in [0.1, 0.15) is 36.0 Å². The number of anilines is 1. The highest BCUT2D eigenvalue weighted by atomic mass is 16.5. The van der Waals surface area contributed by atoms with Gasteiger partial charge in [0.05, 0.1) is 19.3 Å². The third-order valence-electron chi connectivity index (χ3n) is 3.36. The first-order chi connectivity index (χ1) is 8.71. The highest BCUT2D eigenvalue weighted by Gasteiger charge is 2.34. The van der Waals surface area contributed by atoms with Gasteiger partial charge < -0.3 is 15.2 Å². The maximum Gasteiger partial charge on any atom is 0.343 e. The van der Waals surface area contributed by atoms with Crippen LogP contribution in [0, 0.1) is 0 Å². The molecule has 1 aromatic rings. The summed E-state index contributed by atoms with van der Waals surface area (Å²) in [5, 5.41) is 12.7. The molecule has 1 aliphatic carbocycles. The molecule has 0 unspecified atom stereocenters. The second kappa shape index (κ2) is 5.30. The van der Waals surface area contributed by atoms with E-state index in [9.17, 15) is 9.90 Å². The van der Waals surface area contributed by atoms with Gasteiger partial charge in [0.25, 0.3) is 0 Å². The summed E-state index contributed by atoms with van der Waals surface area (Å²) in [5.41, 5.74) is -0.0864. The zero-order valence-corrected chi connectivity index (χ0v) is 10.3. The van der Waals surface area contributed by atoms with Gasteiger partial charge in [0.15, 0.2) is 0 Å². The van der Waals surface area contributed by atoms with Crippen molar-refractivity contribution in [3.8, 4) is 0 Å². The number of hydrogen-bond acceptors (Lipinski definition) is 6. The van der Waals surface area contributed by atoms with Gasteiger partial charge >= 0.3 is 5.97 Å². The van der Waals surface area contributed by atoms with Crippen LogP contribution >= 0.6 is 0 Å². The van der Waals surface area contributed by atoms with E-state index in [2.05, 4.69) is 20.0 Å². The summed E-state index contributed by atoms with van der Waals surface area (Å²) in [6, 6.07) is 0. The molecule has 0 aliphatic heterocycles. The van der Waals surface area contributed by atoms with Crippen molar-refractivity contribution >= 4 is 11.8 Å². The minimum absolute atomic E-state index is 0.0254. The van der Waals surface area contributed by atoms with Crippen LogP contribution in [-0.2, 0) is 4.74 Å². The fourth-order valence-corrected chi connectivity index (χ4v) is 2.31. The first kappa shape index (κ1) is 12.8. The van der Waals surface area contributed by atoms with Crippen molar-refractivity contribution in [2.45, 2.75) is 31.2 Å². The van der Waals surface area contributed by atoms with Crippen LogP contribution in [-0.4, -0.2) is 40.3 Å². The van der Waals surface area contributed by atoms with E-state index in [0.717, 1.165) is 25.7 Å². The van der Waals surface area contributed by atoms with Crippen LogP contribution in [0.5, 0.6) is 0 Å². The standard InChI is InChI=1S/C12H17N3O3/c1-18-11(17)9-6-13-8-14-10(9)15-12(7-16)4-2-3-5-12/h6,8,16H,2-5,7H2,1H3,(H,13,14,15). The third-order valence-corrected chi connectivity index (χ3v) is 3.36. The van der Waals surface area contributed by atoms with Crippen molar-refractivity contribution in [2.24, 2.45) is 0 Å². The van der Waals surface area contributed by atoms with E-state index < -0.39 is 5.97 Å². The number of aliphatic hydroxyl groups is 1. The Balaban J connectivity index is 2.25. The third kappa shape index (κ3) is 2.43. The van der Waals surface area contributed by atoms with Crippen molar-refractivity contribution in [1.29, 1.82) is 0 Å². The van der Waals surface area contributed by atoms with Gasteiger partial charge in [-0.1, -0.05) is 12.8 Å². The van der Waals surface area contributed by atoms with Crippen molar-refractivity contribution in [3.63, 3.8) is 0 Å². The lowest BCUT2D eigenvalue weighted by atomic mass is 9.98. The molecule has 0 spiro atoms. The van der Waals surface area contributed by atoms with Crippen LogP contribution in [0.3, 0.4) is 0 Å². The Morgan fingerprint density at radius 1 is 1.56 bits per heavy atom. The van der Waals surface area contributed by atoms with Crippen LogP contribution in [0.2, 0.25) is 0 Å². The summed E-state index contributed by atoms with van der Waals surface area (Å²) in [6.45, 7) is 0.0254. The number of aromatic nitrogens is 2. The van der Waals surface area contributed by atoms with Crippen LogP contribution in [0.25, 0.3) is 0 Å². The molecule has 2 rings (SSSR count). The fourth-order valence-electron chi connectivity index (χ4n) is 2.31. The van der Waals surface area contributed by atoms with Crippen LogP contribution in [0.15, 0.2) is 12.5 Å². The maximum atomic E-state index is 11.6. The summed E-state index contributed by atoms with van der Waals surface area (Å²) in [6.07, 6.45) is 6.65. The molecule has 2 N–H and O–H groups in total. The Hall–Kier alpha value is -1.69. The number of ether oxygens (including phenoxy) is 1. The van der Waals surface area contributed by atoms with Crippen molar-refractivity contribution in [1.82, 2.24) is 9.97 Å². The number of nitrogens with one attached hydrogen (secondary N) is 1. The van der Waals surface area contributed by atoms with Crippen LogP contribution < -0.4 is 5.32 Å². The summed E-state index contributed by atoms with van der Waals surface area (Å²) >= 11 is 0. The molecule has 6 nitrogen and oxygen atoms in total. The SMILES string of the molecule is COC(=O)c1cncnc1NC1(CO)CCCC1. The maximum absolute atomic E-state index is 11.6. The van der Waals surface area contributed by atoms with Gasteiger partial charge in [0.1, 0.15) is 17.7 Å². The zero-order chi connectivity index (χ0) is 13.0. The average molecular weight is 251 g/mol. The molecular formula is C12H17N3O3. The Morgan fingerprint density at radius 3 is 2.89 bits per heavy atom. The molecule has 0 bridgehead atoms. The van der Waals surface area contributed by atoms with E-state index in [0.29, 0.717) is 11.4 Å². The van der Waals surface area contributed by atoms with E-state index in [-0.39, 0.29) is 12.1 Å². The monoisotopic (exact) mass is 251 g/mol. The largest absolute Gasteiger partial charge is 0.465 e. The minimum atomic E-state index is -0.482. The highest BCUT2D eigenvalue weighted by molar-refractivity contribution is 5.94. The quantitative estimate of drug-likeness (QED) is 0.776. The molecular weight excluding hydrogens is 234 g/mol. The van der Waals surface area contributed by atoms with Gasteiger partial charge in [-0.2, -0.15) is 0 Å². The number of nitrogens with zero attached hydrogens (tertiary/aromatic N) is 2. The Morgan fingerprint density at radius 2 is 2.28 bits per heavy atom. The molecule has 1 saturated carbocycles. The number of carbonyl (C=O) groups excluding carboxylic acids is 1. The molecule has 0 saturated heterocycles. The summed E-state index contributed by atoms with van der Waals surface area (Å²) < 4.78 is 4.69. The second-order valence-corrected chi connectivity index (χ2v) is 4.55. The second-order valence-electron chi connectivity index (χ2n) is 4.55. The van der Waals surface area contributed by atoms with Gasteiger partial charge in [-0.15, -0.1) is 0 Å². The molecule has 6 heteroatoms. The molecule has 1 aromatic heterocycles. The lowest BCUT2D eigenvalue weighted by Gasteiger charge is -2.29. The van der Waals surface area contributed by atoms with Crippen molar-refractivity contribution in [2.75, 3.05) is 19.0 Å². The summed E-state index contributed by atoms with van der Waals surface area (Å²) in [4.78, 5) is 19.5. The average Bonchev–Trinajstić information content (AvgIpc) is 2.88. The topological polar surface area (TPSA) is 84.3 Å². The first-order valence-corrected chi connectivity index (χ1v) is 5.98. The molecule has 0 atom stereocenters. The molecule has 98 valence electrons. The predicted molar refractivity (Wildman–Crippen MR) is 65.3 cm³/mol. The number of hydrogen-bond donors (Lipinski definition) is 2. The number of methoxy groups -OCH3 is 1. The fraction of sp³-hybridized carbons (Fsp3) is 0.583. The van der Waals surface area contributed by atoms with E-state index >= 15 is 0 Å². The van der Waals surface area contributed by atoms with Crippen LogP contribution in [0.4, 0.5) is 5.82 Å². The molecule has 1 fully saturated rings. The van der Waals surface area contributed by atoms with Gasteiger partial charge in [-0.25, -0.2) is 14.8 Å². The number of esters is 1. The van der Waals surface area contributed by atoms with Gasteiger partial charge in [-0.3, -0.25) is 0 Å². The molecule has 18 heavy (non-hydrogen) atoms. The highest BCUT2D eigenvalue weighted by Crippen LogP contribution is 2.32. The van der Waals surface area contributed by atoms with E-state index in [1.54, 1.807) is 0 Å². The van der Waals surface area contributed by atoms with Crippen molar-refractivity contribution < 1.29 is 14.6 Å².